The van der Waals surface area contributed by atoms with E-state index in [1.54, 1.807) is 31.5 Å². The summed E-state index contributed by atoms with van der Waals surface area (Å²) in [5.74, 6) is -0.0965. The Kier molecular flexibility index (Phi) is 5.12. The minimum absolute atomic E-state index is 0.0183. The van der Waals surface area contributed by atoms with Crippen molar-refractivity contribution in [1.82, 2.24) is 4.98 Å². The summed E-state index contributed by atoms with van der Waals surface area (Å²) < 4.78 is 0. The van der Waals surface area contributed by atoms with E-state index in [1.165, 1.54) is 0 Å². The lowest BCUT2D eigenvalue weighted by Crippen LogP contribution is -2.47. The fraction of sp³-hybridized carbons (Fsp3) is 0.208. The molecule has 2 atom stereocenters. The fourth-order valence-corrected chi connectivity index (χ4v) is 4.13. The molecule has 0 bridgehead atoms. The van der Waals surface area contributed by atoms with Gasteiger partial charge in [-0.2, -0.15) is 0 Å². The van der Waals surface area contributed by atoms with E-state index in [1.807, 2.05) is 71.3 Å². The molecule has 2 amide bonds. The van der Waals surface area contributed by atoms with Gasteiger partial charge in [0.1, 0.15) is 0 Å². The summed E-state index contributed by atoms with van der Waals surface area (Å²) in [5, 5.41) is 0. The normalized spacial score (nSPS) is 18.1. The molecule has 0 fully saturated rings. The van der Waals surface area contributed by atoms with Gasteiger partial charge in [0.2, 0.25) is 5.91 Å². The third kappa shape index (κ3) is 3.51. The Hall–Kier alpha value is -3.47. The summed E-state index contributed by atoms with van der Waals surface area (Å²) >= 11 is 0. The van der Waals surface area contributed by atoms with Crippen LogP contribution < -0.4 is 9.80 Å². The van der Waals surface area contributed by atoms with Gasteiger partial charge in [-0.15, -0.1) is 0 Å². The van der Waals surface area contributed by atoms with Crippen LogP contribution in [0.3, 0.4) is 0 Å². The maximum Gasteiger partial charge on any atom is 0.260 e. The van der Waals surface area contributed by atoms with Crippen LogP contribution in [0.2, 0.25) is 0 Å². The van der Waals surface area contributed by atoms with Crippen LogP contribution >= 0.6 is 0 Å². The number of hydrogen-bond acceptors (Lipinski definition) is 3. The fourth-order valence-electron chi connectivity index (χ4n) is 4.13. The number of para-hydroxylation sites is 2. The topological polar surface area (TPSA) is 53.5 Å². The molecule has 0 saturated heterocycles. The molecule has 1 aliphatic rings. The molecule has 0 radical (unpaired) electrons. The molecule has 2 heterocycles. The first-order chi connectivity index (χ1) is 14.1. The molecule has 5 nitrogen and oxygen atoms in total. The Morgan fingerprint density at radius 3 is 2.41 bits per heavy atom. The molecule has 1 aromatic heterocycles. The SMILES string of the molecule is CC(=O)N(c1ccccc1)[C@H]1C[C@@H](C)N(C(=O)c2cccnc2)c2ccccc21. The molecule has 0 spiro atoms. The Bertz CT molecular complexity index is 1020. The second-order valence-electron chi connectivity index (χ2n) is 7.30. The number of nitrogens with zero attached hydrogens (tertiary/aromatic N) is 3. The predicted molar refractivity (Wildman–Crippen MR) is 114 cm³/mol. The minimum Gasteiger partial charge on any atom is -0.305 e. The number of fused-ring (bicyclic) bond motifs is 1. The van der Waals surface area contributed by atoms with Crippen LogP contribution in [-0.4, -0.2) is 22.8 Å². The minimum atomic E-state index is -0.140. The highest BCUT2D eigenvalue weighted by Crippen LogP contribution is 2.42. The van der Waals surface area contributed by atoms with E-state index in [4.69, 9.17) is 0 Å². The van der Waals surface area contributed by atoms with Gasteiger partial charge in [0.25, 0.3) is 5.91 Å². The summed E-state index contributed by atoms with van der Waals surface area (Å²) in [7, 11) is 0. The third-order valence-electron chi connectivity index (χ3n) is 5.37. The highest BCUT2D eigenvalue weighted by molar-refractivity contribution is 6.07. The largest absolute Gasteiger partial charge is 0.305 e. The van der Waals surface area contributed by atoms with Crippen LogP contribution in [0.15, 0.2) is 79.1 Å². The van der Waals surface area contributed by atoms with Gasteiger partial charge in [0.05, 0.1) is 11.6 Å². The molecule has 1 aliphatic heterocycles. The van der Waals surface area contributed by atoms with Crippen molar-refractivity contribution < 1.29 is 9.59 Å². The first kappa shape index (κ1) is 18.9. The van der Waals surface area contributed by atoms with Crippen molar-refractivity contribution in [3.8, 4) is 0 Å². The second-order valence-corrected chi connectivity index (χ2v) is 7.30. The van der Waals surface area contributed by atoms with Crippen LogP contribution in [-0.2, 0) is 4.79 Å². The first-order valence-electron chi connectivity index (χ1n) is 9.75. The predicted octanol–water partition coefficient (Wildman–Crippen LogP) is 4.61. The summed E-state index contributed by atoms with van der Waals surface area (Å²) in [5.41, 5.74) is 3.23. The van der Waals surface area contributed by atoms with Gasteiger partial charge in [-0.3, -0.25) is 14.6 Å². The lowest BCUT2D eigenvalue weighted by molar-refractivity contribution is -0.117. The molecule has 0 N–H and O–H groups in total. The third-order valence-corrected chi connectivity index (χ3v) is 5.37. The molecule has 3 aromatic rings. The van der Waals surface area contributed by atoms with E-state index in [0.717, 1.165) is 16.9 Å². The van der Waals surface area contributed by atoms with E-state index < -0.39 is 0 Å². The van der Waals surface area contributed by atoms with Crippen LogP contribution in [0, 0.1) is 0 Å². The summed E-state index contributed by atoms with van der Waals surface area (Å²) in [6.07, 6.45) is 3.90. The number of rotatable bonds is 3. The van der Waals surface area contributed by atoms with Crippen molar-refractivity contribution in [2.45, 2.75) is 32.4 Å². The number of carbonyl (C=O) groups excluding carboxylic acids is 2. The molecule has 29 heavy (non-hydrogen) atoms. The van der Waals surface area contributed by atoms with Gasteiger partial charge in [-0.05, 0) is 49.2 Å². The lowest BCUT2D eigenvalue weighted by Gasteiger charge is -2.43. The molecule has 4 rings (SSSR count). The number of carbonyl (C=O) groups is 2. The molecule has 0 saturated carbocycles. The van der Waals surface area contributed by atoms with E-state index >= 15 is 0 Å². The van der Waals surface area contributed by atoms with Crippen molar-refractivity contribution >= 4 is 23.2 Å². The summed E-state index contributed by atoms with van der Waals surface area (Å²) in [6, 6.07) is 20.9. The van der Waals surface area contributed by atoms with Crippen molar-refractivity contribution in [1.29, 1.82) is 0 Å². The Morgan fingerprint density at radius 1 is 1.00 bits per heavy atom. The van der Waals surface area contributed by atoms with Crippen molar-refractivity contribution in [3.05, 3.63) is 90.3 Å². The summed E-state index contributed by atoms with van der Waals surface area (Å²) in [6.45, 7) is 3.62. The van der Waals surface area contributed by atoms with Gasteiger partial charge in [-0.1, -0.05) is 36.4 Å². The zero-order chi connectivity index (χ0) is 20.4. The van der Waals surface area contributed by atoms with Gasteiger partial charge in [0, 0.05) is 36.7 Å². The van der Waals surface area contributed by atoms with E-state index in [-0.39, 0.29) is 23.9 Å². The van der Waals surface area contributed by atoms with Crippen molar-refractivity contribution in [3.63, 3.8) is 0 Å². The van der Waals surface area contributed by atoms with Crippen LogP contribution in [0.1, 0.15) is 42.2 Å². The standard InChI is InChI=1S/C24H23N3O2/c1-17-15-23(27(18(2)28)20-10-4-3-5-11-20)21-12-6-7-13-22(21)26(17)24(29)19-9-8-14-25-16-19/h3-14,16-17,23H,15H2,1-2H3/t17-,23+/m1/s1. The molecular formula is C24H23N3O2. The van der Waals surface area contributed by atoms with Gasteiger partial charge in [-0.25, -0.2) is 0 Å². The van der Waals surface area contributed by atoms with Crippen molar-refractivity contribution in [2.24, 2.45) is 0 Å². The van der Waals surface area contributed by atoms with Gasteiger partial charge in [0.15, 0.2) is 0 Å². The molecule has 0 aliphatic carbocycles. The zero-order valence-electron chi connectivity index (χ0n) is 16.5. The molecule has 2 aromatic carbocycles. The number of amides is 2. The van der Waals surface area contributed by atoms with Crippen LogP contribution in [0.4, 0.5) is 11.4 Å². The average Bonchev–Trinajstić information content (AvgIpc) is 2.75. The van der Waals surface area contributed by atoms with E-state index in [9.17, 15) is 9.59 Å². The highest BCUT2D eigenvalue weighted by atomic mass is 16.2. The Balaban J connectivity index is 1.79. The second kappa shape index (κ2) is 7.87. The quantitative estimate of drug-likeness (QED) is 0.661. The van der Waals surface area contributed by atoms with E-state index in [2.05, 4.69) is 4.98 Å². The van der Waals surface area contributed by atoms with Crippen molar-refractivity contribution in [2.75, 3.05) is 9.80 Å². The van der Waals surface area contributed by atoms with Crippen LogP contribution in [0.5, 0.6) is 0 Å². The molecule has 0 unspecified atom stereocenters. The number of benzene rings is 2. The van der Waals surface area contributed by atoms with Gasteiger partial charge >= 0.3 is 0 Å². The molecule has 5 heteroatoms. The number of hydrogen-bond donors (Lipinski definition) is 0. The smallest absolute Gasteiger partial charge is 0.260 e. The summed E-state index contributed by atoms with van der Waals surface area (Å²) in [4.78, 5) is 33.6. The first-order valence-corrected chi connectivity index (χ1v) is 9.75. The molecule has 146 valence electrons. The highest BCUT2D eigenvalue weighted by Gasteiger charge is 2.38. The van der Waals surface area contributed by atoms with Crippen LogP contribution in [0.25, 0.3) is 0 Å². The average molecular weight is 385 g/mol. The zero-order valence-corrected chi connectivity index (χ0v) is 16.5. The number of pyridine rings is 1. The number of anilines is 2. The monoisotopic (exact) mass is 385 g/mol. The number of aromatic nitrogens is 1. The molecular weight excluding hydrogens is 362 g/mol. The maximum absolute atomic E-state index is 13.3. The van der Waals surface area contributed by atoms with Gasteiger partial charge < -0.3 is 9.80 Å². The Labute approximate surface area is 170 Å². The lowest BCUT2D eigenvalue weighted by atomic mass is 9.89. The Morgan fingerprint density at radius 2 is 1.72 bits per heavy atom. The maximum atomic E-state index is 13.3. The van der Waals surface area contributed by atoms with E-state index in [0.29, 0.717) is 12.0 Å².